The number of hydrogen-bond acceptors (Lipinski definition) is 4. The minimum atomic E-state index is -0.358. The Kier molecular flexibility index (Phi) is 4.57. The molecule has 20 heavy (non-hydrogen) atoms. The van der Waals surface area contributed by atoms with E-state index in [0.29, 0.717) is 24.7 Å². The molecule has 3 N–H and O–H groups in total. The van der Waals surface area contributed by atoms with E-state index in [0.717, 1.165) is 16.8 Å². The maximum atomic E-state index is 12.0. The molecule has 1 aromatic carbocycles. The van der Waals surface area contributed by atoms with Crippen molar-refractivity contribution >= 4 is 28.8 Å². The van der Waals surface area contributed by atoms with Gasteiger partial charge in [-0.2, -0.15) is 0 Å². The zero-order valence-corrected chi connectivity index (χ0v) is 12.5. The summed E-state index contributed by atoms with van der Waals surface area (Å²) in [5.74, 6) is -0.0694. The second-order valence-corrected chi connectivity index (χ2v) is 5.22. The van der Waals surface area contributed by atoms with Gasteiger partial charge in [-0.05, 0) is 24.6 Å². The molecule has 1 aliphatic heterocycles. The Morgan fingerprint density at radius 1 is 1.55 bits per heavy atom. The maximum absolute atomic E-state index is 12.0. The van der Waals surface area contributed by atoms with Crippen LogP contribution in [-0.2, 0) is 9.53 Å². The van der Waals surface area contributed by atoms with Crippen molar-refractivity contribution in [1.82, 2.24) is 5.32 Å². The number of aryl methyl sites for hydroxylation is 1. The van der Waals surface area contributed by atoms with Gasteiger partial charge in [-0.15, -0.1) is 0 Å². The first-order valence-electron chi connectivity index (χ1n) is 6.51. The number of hydrogen-bond donors (Lipinski definition) is 2. The molecule has 1 heterocycles. The molecule has 0 aromatic heterocycles. The molecule has 1 unspecified atom stereocenters. The van der Waals surface area contributed by atoms with Crippen molar-refractivity contribution in [2.45, 2.75) is 13.0 Å². The van der Waals surface area contributed by atoms with Crippen LogP contribution in [0.15, 0.2) is 18.2 Å². The first-order chi connectivity index (χ1) is 9.54. The predicted molar refractivity (Wildman–Crippen MR) is 83.1 cm³/mol. The van der Waals surface area contributed by atoms with Crippen LogP contribution in [0.25, 0.3) is 0 Å². The number of carbonyl (C=O) groups excluding carboxylic acids is 1. The monoisotopic (exact) mass is 293 g/mol. The number of rotatable bonds is 3. The second kappa shape index (κ2) is 6.19. The normalized spacial score (nSPS) is 18.7. The number of morpholine rings is 1. The highest BCUT2D eigenvalue weighted by atomic mass is 32.1. The van der Waals surface area contributed by atoms with Crippen molar-refractivity contribution in [2.75, 3.05) is 31.7 Å². The average molecular weight is 293 g/mol. The van der Waals surface area contributed by atoms with Crippen molar-refractivity contribution in [3.8, 4) is 0 Å². The summed E-state index contributed by atoms with van der Waals surface area (Å²) in [6.07, 6.45) is 0. The summed E-state index contributed by atoms with van der Waals surface area (Å²) in [5, 5.41) is 2.67. The van der Waals surface area contributed by atoms with Crippen LogP contribution in [-0.4, -0.2) is 43.7 Å². The maximum Gasteiger partial charge on any atom is 0.244 e. The molecule has 108 valence electrons. The fraction of sp³-hybridized carbons (Fsp3) is 0.429. The summed E-state index contributed by atoms with van der Waals surface area (Å²) in [6.45, 7) is 3.59. The van der Waals surface area contributed by atoms with Gasteiger partial charge in [0.15, 0.2) is 0 Å². The number of nitrogens with one attached hydrogen (secondary N) is 1. The van der Waals surface area contributed by atoms with Crippen LogP contribution in [0.5, 0.6) is 0 Å². The number of thiocarbonyl (C=S) groups is 1. The first-order valence-corrected chi connectivity index (χ1v) is 6.92. The van der Waals surface area contributed by atoms with E-state index in [2.05, 4.69) is 5.32 Å². The van der Waals surface area contributed by atoms with Gasteiger partial charge < -0.3 is 20.7 Å². The molecule has 1 aromatic rings. The SMILES string of the molecule is CNC(=O)C1COCCN1c1cc(C)ccc1C(N)=S. The summed E-state index contributed by atoms with van der Waals surface area (Å²) in [6, 6.07) is 5.52. The summed E-state index contributed by atoms with van der Waals surface area (Å²) in [5.41, 5.74) is 8.59. The summed E-state index contributed by atoms with van der Waals surface area (Å²) < 4.78 is 5.42. The zero-order chi connectivity index (χ0) is 14.7. The van der Waals surface area contributed by atoms with Gasteiger partial charge in [0.1, 0.15) is 11.0 Å². The van der Waals surface area contributed by atoms with Crippen LogP contribution < -0.4 is 16.0 Å². The fourth-order valence-electron chi connectivity index (χ4n) is 2.36. The van der Waals surface area contributed by atoms with Crippen molar-refractivity contribution in [3.63, 3.8) is 0 Å². The Hall–Kier alpha value is -1.66. The lowest BCUT2D eigenvalue weighted by atomic mass is 10.1. The molecule has 1 aliphatic rings. The van der Waals surface area contributed by atoms with Crippen molar-refractivity contribution < 1.29 is 9.53 Å². The third kappa shape index (κ3) is 2.91. The van der Waals surface area contributed by atoms with Gasteiger partial charge >= 0.3 is 0 Å². The quantitative estimate of drug-likeness (QED) is 0.798. The van der Waals surface area contributed by atoms with Crippen molar-refractivity contribution in [1.29, 1.82) is 0 Å². The van der Waals surface area contributed by atoms with Crippen LogP contribution in [0.3, 0.4) is 0 Å². The van der Waals surface area contributed by atoms with Crippen LogP contribution in [0.2, 0.25) is 0 Å². The Bertz CT molecular complexity index is 533. The summed E-state index contributed by atoms with van der Waals surface area (Å²) in [4.78, 5) is 14.4. The second-order valence-electron chi connectivity index (χ2n) is 4.78. The van der Waals surface area contributed by atoms with E-state index >= 15 is 0 Å². The largest absolute Gasteiger partial charge is 0.389 e. The number of nitrogens with zero attached hydrogens (tertiary/aromatic N) is 1. The molecule has 2 rings (SSSR count). The topological polar surface area (TPSA) is 67.6 Å². The lowest BCUT2D eigenvalue weighted by Crippen LogP contribution is -2.53. The van der Waals surface area contributed by atoms with Gasteiger partial charge in [0.25, 0.3) is 0 Å². The molecule has 5 nitrogen and oxygen atoms in total. The molecule has 1 fully saturated rings. The molecule has 1 atom stereocenters. The van der Waals surface area contributed by atoms with Crippen LogP contribution in [0, 0.1) is 6.92 Å². The van der Waals surface area contributed by atoms with E-state index in [4.69, 9.17) is 22.7 Å². The minimum Gasteiger partial charge on any atom is -0.389 e. The average Bonchev–Trinajstić information content (AvgIpc) is 2.46. The van der Waals surface area contributed by atoms with Gasteiger partial charge in [0.05, 0.1) is 13.2 Å². The van der Waals surface area contributed by atoms with E-state index in [9.17, 15) is 4.79 Å². The molecule has 0 radical (unpaired) electrons. The lowest BCUT2D eigenvalue weighted by Gasteiger charge is -2.37. The number of amides is 1. The van der Waals surface area contributed by atoms with E-state index in [1.165, 1.54) is 0 Å². The number of likely N-dealkylation sites (N-methyl/N-ethyl adjacent to an activating group) is 1. The van der Waals surface area contributed by atoms with Crippen LogP contribution >= 0.6 is 12.2 Å². The molecular formula is C14H19N3O2S. The van der Waals surface area contributed by atoms with Gasteiger partial charge in [-0.1, -0.05) is 18.3 Å². The number of anilines is 1. The molecule has 0 spiro atoms. The predicted octanol–water partition coefficient (Wildman–Crippen LogP) is 0.580. The van der Waals surface area contributed by atoms with E-state index in [-0.39, 0.29) is 11.9 Å². The number of carbonyl (C=O) groups is 1. The zero-order valence-electron chi connectivity index (χ0n) is 11.7. The standard InChI is InChI=1S/C14H19N3O2S/c1-9-3-4-10(13(15)20)11(7-9)17-5-6-19-8-12(17)14(18)16-2/h3-4,7,12H,5-6,8H2,1-2H3,(H2,15,20)(H,16,18). The Morgan fingerprint density at radius 3 is 2.95 bits per heavy atom. The highest BCUT2D eigenvalue weighted by molar-refractivity contribution is 7.80. The lowest BCUT2D eigenvalue weighted by molar-refractivity contribution is -0.124. The molecule has 1 saturated heterocycles. The Labute approximate surface area is 124 Å². The highest BCUT2D eigenvalue weighted by Gasteiger charge is 2.30. The molecule has 1 amide bonds. The van der Waals surface area contributed by atoms with Gasteiger partial charge in [0, 0.05) is 24.8 Å². The third-order valence-corrected chi connectivity index (χ3v) is 3.63. The smallest absolute Gasteiger partial charge is 0.244 e. The van der Waals surface area contributed by atoms with Crippen molar-refractivity contribution in [2.24, 2.45) is 5.73 Å². The van der Waals surface area contributed by atoms with Gasteiger partial charge in [0.2, 0.25) is 5.91 Å². The highest BCUT2D eigenvalue weighted by Crippen LogP contribution is 2.26. The summed E-state index contributed by atoms with van der Waals surface area (Å²) >= 11 is 5.11. The number of nitrogens with two attached hydrogens (primary N) is 1. The molecule has 0 aliphatic carbocycles. The molecule has 0 bridgehead atoms. The number of ether oxygens (including phenoxy) is 1. The molecule has 0 saturated carbocycles. The Balaban J connectivity index is 2.44. The van der Waals surface area contributed by atoms with Crippen molar-refractivity contribution in [3.05, 3.63) is 29.3 Å². The molecule has 6 heteroatoms. The number of benzene rings is 1. The minimum absolute atomic E-state index is 0.0694. The van der Waals surface area contributed by atoms with Gasteiger partial charge in [-0.25, -0.2) is 0 Å². The third-order valence-electron chi connectivity index (χ3n) is 3.41. The van der Waals surface area contributed by atoms with Gasteiger partial charge in [-0.3, -0.25) is 4.79 Å². The Morgan fingerprint density at radius 2 is 2.30 bits per heavy atom. The van der Waals surface area contributed by atoms with E-state index in [1.807, 2.05) is 30.0 Å². The first kappa shape index (κ1) is 14.7. The molecular weight excluding hydrogens is 274 g/mol. The summed E-state index contributed by atoms with van der Waals surface area (Å²) in [7, 11) is 1.62. The fourth-order valence-corrected chi connectivity index (χ4v) is 2.54. The van der Waals surface area contributed by atoms with Crippen LogP contribution in [0.1, 0.15) is 11.1 Å². The van der Waals surface area contributed by atoms with Crippen LogP contribution in [0.4, 0.5) is 5.69 Å². The van der Waals surface area contributed by atoms with E-state index < -0.39 is 0 Å². The van der Waals surface area contributed by atoms with E-state index in [1.54, 1.807) is 7.05 Å².